The van der Waals surface area contributed by atoms with Gasteiger partial charge in [-0.05, 0) is 25.1 Å². The van der Waals surface area contributed by atoms with Gasteiger partial charge in [-0.15, -0.1) is 0 Å². The van der Waals surface area contributed by atoms with Crippen molar-refractivity contribution in [1.29, 1.82) is 0 Å². The minimum atomic E-state index is 0.617. The van der Waals surface area contributed by atoms with Gasteiger partial charge in [0.25, 0.3) is 0 Å². The number of rotatable bonds is 7. The largest absolute Gasteiger partial charge is 0.379 e. The fourth-order valence-electron chi connectivity index (χ4n) is 3.18. The summed E-state index contributed by atoms with van der Waals surface area (Å²) >= 11 is 0. The molecule has 0 bridgehead atoms. The minimum Gasteiger partial charge on any atom is -0.379 e. The topological polar surface area (TPSA) is 80.1 Å². The Morgan fingerprint density at radius 1 is 1.11 bits per heavy atom. The van der Waals surface area contributed by atoms with Crippen LogP contribution in [-0.2, 0) is 11.8 Å². The first-order chi connectivity index (χ1) is 13.3. The molecule has 1 aliphatic rings. The summed E-state index contributed by atoms with van der Waals surface area (Å²) in [6.07, 6.45) is 2.83. The van der Waals surface area contributed by atoms with E-state index in [0.717, 1.165) is 68.4 Å². The summed E-state index contributed by atoms with van der Waals surface area (Å²) in [6, 6.07) is 10.0. The van der Waals surface area contributed by atoms with Crippen LogP contribution in [-0.4, -0.2) is 64.0 Å². The van der Waals surface area contributed by atoms with Crippen molar-refractivity contribution in [3.63, 3.8) is 0 Å². The Labute approximate surface area is 158 Å². The molecule has 0 unspecified atom stereocenters. The Bertz CT molecular complexity index is 874. The number of aryl methyl sites for hydroxylation is 1. The fraction of sp³-hybridized carbons (Fsp3) is 0.421. The highest BCUT2D eigenvalue weighted by molar-refractivity contribution is 5.89. The van der Waals surface area contributed by atoms with Crippen molar-refractivity contribution in [1.82, 2.24) is 24.6 Å². The van der Waals surface area contributed by atoms with E-state index in [9.17, 15) is 0 Å². The average Bonchev–Trinajstić information content (AvgIpc) is 3.08. The van der Waals surface area contributed by atoms with Gasteiger partial charge in [-0.3, -0.25) is 9.58 Å². The van der Waals surface area contributed by atoms with Crippen molar-refractivity contribution in [2.45, 2.75) is 6.42 Å². The van der Waals surface area contributed by atoms with Crippen LogP contribution >= 0.6 is 0 Å². The Balaban J connectivity index is 1.44. The molecule has 2 aromatic heterocycles. The molecule has 27 heavy (non-hydrogen) atoms. The van der Waals surface area contributed by atoms with Gasteiger partial charge in [0.05, 0.1) is 24.8 Å². The second-order valence-corrected chi connectivity index (χ2v) is 6.63. The van der Waals surface area contributed by atoms with Gasteiger partial charge in [-0.2, -0.15) is 15.1 Å². The Hall–Kier alpha value is -2.71. The molecular weight excluding hydrogens is 342 g/mol. The minimum absolute atomic E-state index is 0.617. The molecule has 1 aromatic carbocycles. The fourth-order valence-corrected chi connectivity index (χ4v) is 3.18. The van der Waals surface area contributed by atoms with Crippen molar-refractivity contribution in [3.8, 4) is 0 Å². The van der Waals surface area contributed by atoms with Crippen LogP contribution in [0.15, 0.2) is 36.5 Å². The number of ether oxygens (including phenoxy) is 1. The van der Waals surface area contributed by atoms with E-state index < -0.39 is 0 Å². The second-order valence-electron chi connectivity index (χ2n) is 6.63. The van der Waals surface area contributed by atoms with Crippen molar-refractivity contribution < 1.29 is 4.74 Å². The summed E-state index contributed by atoms with van der Waals surface area (Å²) in [4.78, 5) is 11.7. The van der Waals surface area contributed by atoms with Gasteiger partial charge >= 0.3 is 0 Å². The number of para-hydroxylation sites is 1. The third-order valence-electron chi connectivity index (χ3n) is 4.67. The molecular formula is C19H25N7O. The molecule has 4 rings (SSSR count). The van der Waals surface area contributed by atoms with Gasteiger partial charge < -0.3 is 15.4 Å². The first kappa shape index (κ1) is 17.7. The van der Waals surface area contributed by atoms with E-state index in [4.69, 9.17) is 4.74 Å². The van der Waals surface area contributed by atoms with Gasteiger partial charge in [0.2, 0.25) is 5.95 Å². The predicted molar refractivity (Wildman–Crippen MR) is 106 cm³/mol. The van der Waals surface area contributed by atoms with Gasteiger partial charge in [0, 0.05) is 32.4 Å². The van der Waals surface area contributed by atoms with Crippen LogP contribution < -0.4 is 10.6 Å². The first-order valence-corrected chi connectivity index (χ1v) is 9.35. The van der Waals surface area contributed by atoms with Crippen LogP contribution in [0.1, 0.15) is 6.42 Å². The number of fused-ring (bicyclic) bond motifs is 1. The number of nitrogens with one attached hydrogen (secondary N) is 2. The zero-order chi connectivity index (χ0) is 18.5. The van der Waals surface area contributed by atoms with Crippen LogP contribution in [0.5, 0.6) is 0 Å². The molecule has 0 radical (unpaired) electrons. The smallest absolute Gasteiger partial charge is 0.226 e. The van der Waals surface area contributed by atoms with E-state index in [2.05, 4.69) is 30.6 Å². The lowest BCUT2D eigenvalue weighted by atomic mass is 10.3. The molecule has 3 heterocycles. The molecule has 0 amide bonds. The normalized spacial score (nSPS) is 15.1. The molecule has 1 saturated heterocycles. The van der Waals surface area contributed by atoms with E-state index in [1.165, 1.54) is 0 Å². The summed E-state index contributed by atoms with van der Waals surface area (Å²) in [6.45, 7) is 5.58. The van der Waals surface area contributed by atoms with Crippen molar-refractivity contribution in [2.24, 2.45) is 7.05 Å². The maximum atomic E-state index is 5.39. The molecule has 142 valence electrons. The molecule has 2 N–H and O–H groups in total. The van der Waals surface area contributed by atoms with Gasteiger partial charge in [-0.1, -0.05) is 18.2 Å². The molecule has 3 aromatic rings. The van der Waals surface area contributed by atoms with Gasteiger partial charge in [0.15, 0.2) is 5.65 Å². The van der Waals surface area contributed by atoms with E-state index >= 15 is 0 Å². The maximum Gasteiger partial charge on any atom is 0.226 e. The lowest BCUT2D eigenvalue weighted by Crippen LogP contribution is -2.37. The summed E-state index contributed by atoms with van der Waals surface area (Å²) in [5.41, 5.74) is 1.79. The SMILES string of the molecule is Cn1ncc2c(Nc3ccccc3)nc(NCCCN3CCOCC3)nc21. The molecule has 0 spiro atoms. The van der Waals surface area contributed by atoms with E-state index in [0.29, 0.717) is 5.95 Å². The van der Waals surface area contributed by atoms with Crippen molar-refractivity contribution in [3.05, 3.63) is 36.5 Å². The van der Waals surface area contributed by atoms with Crippen LogP contribution in [0.4, 0.5) is 17.5 Å². The third kappa shape index (κ3) is 4.35. The zero-order valence-electron chi connectivity index (χ0n) is 15.6. The van der Waals surface area contributed by atoms with Crippen LogP contribution in [0.25, 0.3) is 11.0 Å². The monoisotopic (exact) mass is 367 g/mol. The highest BCUT2D eigenvalue weighted by atomic mass is 16.5. The lowest BCUT2D eigenvalue weighted by molar-refractivity contribution is 0.0378. The lowest BCUT2D eigenvalue weighted by Gasteiger charge is -2.26. The second kappa shape index (κ2) is 8.32. The molecule has 8 nitrogen and oxygen atoms in total. The van der Waals surface area contributed by atoms with Crippen LogP contribution in [0, 0.1) is 0 Å². The highest BCUT2D eigenvalue weighted by Crippen LogP contribution is 2.24. The molecule has 0 aliphatic carbocycles. The van der Waals surface area contributed by atoms with Gasteiger partial charge in [-0.25, -0.2) is 0 Å². The molecule has 0 saturated carbocycles. The molecule has 1 fully saturated rings. The number of hydrogen-bond donors (Lipinski definition) is 2. The quantitative estimate of drug-likeness (QED) is 0.620. The first-order valence-electron chi connectivity index (χ1n) is 9.35. The maximum absolute atomic E-state index is 5.39. The number of morpholine rings is 1. The number of aromatic nitrogens is 4. The number of anilines is 3. The van der Waals surface area contributed by atoms with E-state index in [1.807, 2.05) is 37.4 Å². The van der Waals surface area contributed by atoms with Crippen LogP contribution in [0.2, 0.25) is 0 Å². The van der Waals surface area contributed by atoms with Crippen LogP contribution in [0.3, 0.4) is 0 Å². The highest BCUT2D eigenvalue weighted by Gasteiger charge is 2.13. The molecule has 0 atom stereocenters. The Kier molecular flexibility index (Phi) is 5.45. The zero-order valence-corrected chi connectivity index (χ0v) is 15.6. The number of nitrogens with zero attached hydrogens (tertiary/aromatic N) is 5. The van der Waals surface area contributed by atoms with Crippen molar-refractivity contribution >= 4 is 28.5 Å². The van der Waals surface area contributed by atoms with E-state index in [1.54, 1.807) is 10.9 Å². The Morgan fingerprint density at radius 2 is 1.93 bits per heavy atom. The summed E-state index contributed by atoms with van der Waals surface area (Å²) in [7, 11) is 1.89. The summed E-state index contributed by atoms with van der Waals surface area (Å²) in [5, 5.41) is 12.0. The number of benzene rings is 1. The standard InChI is InChI=1S/C19H25N7O/c1-25-18-16(14-21-25)17(22-15-6-3-2-4-7-15)23-19(24-18)20-8-5-9-26-10-12-27-13-11-26/h2-4,6-7,14H,5,8-13H2,1H3,(H2,20,22,23,24). The summed E-state index contributed by atoms with van der Waals surface area (Å²) in [5.74, 6) is 1.38. The summed E-state index contributed by atoms with van der Waals surface area (Å²) < 4.78 is 7.16. The molecule has 1 aliphatic heterocycles. The van der Waals surface area contributed by atoms with E-state index in [-0.39, 0.29) is 0 Å². The molecule has 8 heteroatoms. The number of hydrogen-bond acceptors (Lipinski definition) is 7. The van der Waals surface area contributed by atoms with Gasteiger partial charge in [0.1, 0.15) is 5.82 Å². The third-order valence-corrected chi connectivity index (χ3v) is 4.67. The van der Waals surface area contributed by atoms with Crippen molar-refractivity contribution in [2.75, 3.05) is 50.0 Å². The Morgan fingerprint density at radius 3 is 2.74 bits per heavy atom. The average molecular weight is 367 g/mol. The predicted octanol–water partition coefficient (Wildman–Crippen LogP) is 2.24.